The lowest BCUT2D eigenvalue weighted by molar-refractivity contribution is -0.146. The van der Waals surface area contributed by atoms with Gasteiger partial charge in [-0.2, -0.15) is 8.42 Å². The summed E-state index contributed by atoms with van der Waals surface area (Å²) in [6.45, 7) is 1.16. The van der Waals surface area contributed by atoms with Crippen molar-refractivity contribution < 1.29 is 37.5 Å². The Bertz CT molecular complexity index is 976. The number of hydrogen-bond acceptors (Lipinski definition) is 7. The molecule has 0 saturated carbocycles. The minimum absolute atomic E-state index is 0.0767. The Morgan fingerprint density at radius 3 is 2.19 bits per heavy atom. The van der Waals surface area contributed by atoms with Crippen molar-refractivity contribution in [2.45, 2.75) is 42.8 Å². The zero-order chi connectivity index (χ0) is 23.0. The number of aryl methyl sites for hydroxylation is 1. The lowest BCUT2D eigenvalue weighted by Gasteiger charge is -2.27. The molecular weight excluding hydrogens is 426 g/mol. The van der Waals surface area contributed by atoms with Crippen LogP contribution in [0.1, 0.15) is 17.5 Å². The van der Waals surface area contributed by atoms with Crippen LogP contribution in [0.15, 0.2) is 59.5 Å². The van der Waals surface area contributed by atoms with Crippen LogP contribution in [0.4, 0.5) is 0 Å². The highest BCUT2D eigenvalue weighted by atomic mass is 32.2. The highest BCUT2D eigenvalue weighted by Gasteiger charge is 2.29. The van der Waals surface area contributed by atoms with E-state index in [0.717, 1.165) is 11.1 Å². The average Bonchev–Trinajstić information content (AvgIpc) is 2.71. The van der Waals surface area contributed by atoms with Gasteiger partial charge in [-0.25, -0.2) is 0 Å². The second kappa shape index (κ2) is 11.0. The third-order valence-electron chi connectivity index (χ3n) is 4.56. The monoisotopic (exact) mass is 451 g/mol. The smallest absolute Gasteiger partial charge is 0.321 e. The van der Waals surface area contributed by atoms with E-state index < -0.39 is 53.3 Å². The van der Waals surface area contributed by atoms with Crippen LogP contribution in [0.3, 0.4) is 0 Å². The number of rotatable bonds is 12. The van der Waals surface area contributed by atoms with Gasteiger partial charge < -0.3 is 15.3 Å². The second-order valence-electron chi connectivity index (χ2n) is 7.07. The third kappa shape index (κ3) is 7.76. The van der Waals surface area contributed by atoms with E-state index in [1.54, 1.807) is 49.4 Å². The van der Waals surface area contributed by atoms with E-state index in [9.17, 15) is 28.2 Å². The van der Waals surface area contributed by atoms with Gasteiger partial charge in [-0.1, -0.05) is 48.0 Å². The summed E-state index contributed by atoms with van der Waals surface area (Å²) in [6, 6.07) is 12.3. The lowest BCUT2D eigenvalue weighted by Crippen LogP contribution is -2.52. The molecule has 3 atom stereocenters. The molecule has 0 heterocycles. The number of nitrogens with one attached hydrogen (secondary N) is 1. The summed E-state index contributed by atoms with van der Waals surface area (Å²) < 4.78 is 29.7. The van der Waals surface area contributed by atoms with Crippen molar-refractivity contribution >= 4 is 22.1 Å². The largest absolute Gasteiger partial charge is 0.481 e. The zero-order valence-corrected chi connectivity index (χ0v) is 17.7. The number of aliphatic hydroxyl groups is 1. The first-order valence-electron chi connectivity index (χ1n) is 9.47. The summed E-state index contributed by atoms with van der Waals surface area (Å²) in [4.78, 5) is 22.4. The summed E-state index contributed by atoms with van der Waals surface area (Å²) in [5.41, 5.74) is 1.60. The Hall–Kier alpha value is -2.79. The normalized spacial score (nSPS) is 14.5. The molecule has 0 aliphatic carbocycles. The summed E-state index contributed by atoms with van der Waals surface area (Å²) in [7, 11) is -4.14. The number of aliphatic carboxylic acids is 2. The van der Waals surface area contributed by atoms with Gasteiger partial charge in [0.05, 0.1) is 24.0 Å². The molecule has 2 aromatic carbocycles. The van der Waals surface area contributed by atoms with Gasteiger partial charge >= 0.3 is 11.9 Å². The quantitative estimate of drug-likeness (QED) is 0.349. The topological polar surface area (TPSA) is 150 Å². The molecule has 2 rings (SSSR count). The molecular formula is C21H25NO8S. The van der Waals surface area contributed by atoms with Gasteiger partial charge in [0, 0.05) is 6.04 Å². The highest BCUT2D eigenvalue weighted by Crippen LogP contribution is 2.15. The van der Waals surface area contributed by atoms with E-state index >= 15 is 0 Å². The van der Waals surface area contributed by atoms with Gasteiger partial charge in [-0.15, -0.1) is 0 Å². The predicted octanol–water partition coefficient (Wildman–Crippen LogP) is 1.19. The number of carboxylic acid groups (broad SMARTS) is 2. The molecule has 0 saturated heterocycles. The molecule has 1 unspecified atom stereocenters. The maximum Gasteiger partial charge on any atom is 0.321 e. The Labute approximate surface area is 180 Å². The van der Waals surface area contributed by atoms with E-state index in [1.807, 2.05) is 0 Å². The third-order valence-corrected chi connectivity index (χ3v) is 5.85. The standard InChI is InChI=1S/C21H25NO8S/c1-14-7-9-16(10-8-14)31(28,29)30-13-19(23)17(11-15-5-3-2-4-6-15)22-18(21(26)27)12-20(24)25/h2-10,17-19,22-23H,11-13H2,1H3,(H,24,25)(H,26,27)/t17?,18-,19+/m0/s1. The van der Waals surface area contributed by atoms with Gasteiger partial charge in [0.2, 0.25) is 0 Å². The molecule has 9 nitrogen and oxygen atoms in total. The Balaban J connectivity index is 2.16. The van der Waals surface area contributed by atoms with Crippen LogP contribution < -0.4 is 5.32 Å². The van der Waals surface area contributed by atoms with Gasteiger partial charge in [0.15, 0.2) is 0 Å². The van der Waals surface area contributed by atoms with Crippen molar-refractivity contribution in [3.05, 3.63) is 65.7 Å². The van der Waals surface area contributed by atoms with Crippen LogP contribution in [0.5, 0.6) is 0 Å². The van der Waals surface area contributed by atoms with E-state index in [1.165, 1.54) is 12.1 Å². The fraction of sp³-hybridized carbons (Fsp3) is 0.333. The molecule has 0 spiro atoms. The van der Waals surface area contributed by atoms with Crippen molar-refractivity contribution in [1.82, 2.24) is 5.32 Å². The number of benzene rings is 2. The summed E-state index contributed by atoms with van der Waals surface area (Å²) >= 11 is 0. The van der Waals surface area contributed by atoms with Crippen molar-refractivity contribution in [3.63, 3.8) is 0 Å². The molecule has 4 N–H and O–H groups in total. The van der Waals surface area contributed by atoms with Crippen molar-refractivity contribution in [3.8, 4) is 0 Å². The van der Waals surface area contributed by atoms with Crippen LogP contribution in [0, 0.1) is 6.92 Å². The maximum atomic E-state index is 12.4. The van der Waals surface area contributed by atoms with Crippen molar-refractivity contribution in [1.29, 1.82) is 0 Å². The van der Waals surface area contributed by atoms with Crippen molar-refractivity contribution in [2.24, 2.45) is 0 Å². The Kier molecular flexibility index (Phi) is 8.69. The van der Waals surface area contributed by atoms with Crippen LogP contribution in [-0.2, 0) is 30.3 Å². The average molecular weight is 451 g/mol. The first-order chi connectivity index (χ1) is 14.6. The maximum absolute atomic E-state index is 12.4. The van der Waals surface area contributed by atoms with E-state index in [-0.39, 0.29) is 11.3 Å². The molecule has 0 aliphatic rings. The van der Waals surface area contributed by atoms with Crippen LogP contribution in [0.2, 0.25) is 0 Å². The predicted molar refractivity (Wildman–Crippen MR) is 111 cm³/mol. The lowest BCUT2D eigenvalue weighted by atomic mass is 10.00. The molecule has 0 aliphatic heterocycles. The van der Waals surface area contributed by atoms with Crippen molar-refractivity contribution in [2.75, 3.05) is 6.61 Å². The minimum Gasteiger partial charge on any atom is -0.481 e. The molecule has 0 bridgehead atoms. The highest BCUT2D eigenvalue weighted by molar-refractivity contribution is 7.86. The van der Waals surface area contributed by atoms with Gasteiger partial charge in [-0.05, 0) is 31.0 Å². The molecule has 10 heteroatoms. The molecule has 0 radical (unpaired) electrons. The first-order valence-corrected chi connectivity index (χ1v) is 10.9. The Morgan fingerprint density at radius 1 is 1.03 bits per heavy atom. The number of aliphatic hydroxyl groups excluding tert-OH is 1. The summed E-state index contributed by atoms with van der Waals surface area (Å²) in [6.07, 6.45) is -2.02. The molecule has 0 amide bonds. The van der Waals surface area contributed by atoms with Crippen LogP contribution in [0.25, 0.3) is 0 Å². The molecule has 0 fully saturated rings. The van der Waals surface area contributed by atoms with Crippen LogP contribution >= 0.6 is 0 Å². The molecule has 168 valence electrons. The molecule has 0 aromatic heterocycles. The second-order valence-corrected chi connectivity index (χ2v) is 8.69. The van der Waals surface area contributed by atoms with Crippen LogP contribution in [-0.4, -0.2) is 60.5 Å². The summed E-state index contributed by atoms with van der Waals surface area (Å²) in [5, 5.41) is 31.5. The SMILES string of the molecule is Cc1ccc(S(=O)(=O)OC[C@@H](O)C(Cc2ccccc2)N[C@@H](CC(=O)O)C(=O)O)cc1. The zero-order valence-electron chi connectivity index (χ0n) is 16.8. The van der Waals surface area contributed by atoms with E-state index in [4.69, 9.17) is 9.29 Å². The van der Waals surface area contributed by atoms with E-state index in [2.05, 4.69) is 5.32 Å². The molecule has 31 heavy (non-hydrogen) atoms. The minimum atomic E-state index is -4.14. The number of hydrogen-bond donors (Lipinski definition) is 4. The summed E-state index contributed by atoms with van der Waals surface area (Å²) in [5.74, 6) is -2.73. The van der Waals surface area contributed by atoms with E-state index in [0.29, 0.717) is 0 Å². The van der Waals surface area contributed by atoms with Gasteiger partial charge in [0.25, 0.3) is 10.1 Å². The number of carboxylic acids is 2. The molecule has 2 aromatic rings. The number of carbonyl (C=O) groups is 2. The Morgan fingerprint density at radius 2 is 1.65 bits per heavy atom. The van der Waals surface area contributed by atoms with Gasteiger partial charge in [-0.3, -0.25) is 19.1 Å². The van der Waals surface area contributed by atoms with Gasteiger partial charge in [0.1, 0.15) is 6.04 Å². The fourth-order valence-electron chi connectivity index (χ4n) is 2.87. The first kappa shape index (κ1) is 24.5. The fourth-order valence-corrected chi connectivity index (χ4v) is 3.80.